The molecule has 1 saturated carbocycles. The van der Waals surface area contributed by atoms with Gasteiger partial charge in [0.2, 0.25) is 5.91 Å². The SMILES string of the molecule is C=C(NC(=O)C1CCC(c2ccc(N)cc2)C1)C(=O)NC(=C)C(=O)OC. The molecule has 2 amide bonds. The number of anilines is 1. The number of carbonyl (C=O) groups is 3. The van der Waals surface area contributed by atoms with E-state index in [0.717, 1.165) is 18.4 Å². The average Bonchev–Trinajstić information content (AvgIpc) is 3.11. The van der Waals surface area contributed by atoms with E-state index < -0.39 is 11.9 Å². The molecule has 4 N–H and O–H groups in total. The summed E-state index contributed by atoms with van der Waals surface area (Å²) in [4.78, 5) is 35.5. The summed E-state index contributed by atoms with van der Waals surface area (Å²) >= 11 is 0. The number of methoxy groups -OCH3 is 1. The zero-order chi connectivity index (χ0) is 19.3. The Labute approximate surface area is 152 Å². The van der Waals surface area contributed by atoms with Crippen LogP contribution in [0.4, 0.5) is 5.69 Å². The van der Waals surface area contributed by atoms with Crippen LogP contribution in [0.15, 0.2) is 48.8 Å². The van der Waals surface area contributed by atoms with Crippen molar-refractivity contribution in [2.24, 2.45) is 5.92 Å². The number of nitrogens with one attached hydrogen (secondary N) is 2. The highest BCUT2D eigenvalue weighted by Crippen LogP contribution is 2.38. The van der Waals surface area contributed by atoms with Gasteiger partial charge in [-0.2, -0.15) is 0 Å². The molecule has 0 aliphatic heterocycles. The second-order valence-electron chi connectivity index (χ2n) is 6.27. The van der Waals surface area contributed by atoms with Crippen LogP contribution >= 0.6 is 0 Å². The van der Waals surface area contributed by atoms with E-state index in [4.69, 9.17) is 5.73 Å². The number of carbonyl (C=O) groups excluding carboxylic acids is 3. The molecule has 1 aliphatic carbocycles. The van der Waals surface area contributed by atoms with Gasteiger partial charge >= 0.3 is 5.97 Å². The summed E-state index contributed by atoms with van der Waals surface area (Å²) in [5.74, 6) is -1.65. The summed E-state index contributed by atoms with van der Waals surface area (Å²) in [5, 5.41) is 4.74. The van der Waals surface area contributed by atoms with Crippen LogP contribution in [-0.4, -0.2) is 24.9 Å². The van der Waals surface area contributed by atoms with Crippen LogP contribution in [0, 0.1) is 5.92 Å². The Morgan fingerprint density at radius 1 is 1.08 bits per heavy atom. The number of esters is 1. The molecule has 26 heavy (non-hydrogen) atoms. The molecular weight excluding hydrogens is 334 g/mol. The first-order valence-corrected chi connectivity index (χ1v) is 8.25. The first-order chi connectivity index (χ1) is 12.3. The minimum Gasteiger partial charge on any atom is -0.464 e. The van der Waals surface area contributed by atoms with Gasteiger partial charge in [0.25, 0.3) is 5.91 Å². The Bertz CT molecular complexity index is 740. The maximum absolute atomic E-state index is 12.4. The zero-order valence-electron chi connectivity index (χ0n) is 14.7. The summed E-state index contributed by atoms with van der Waals surface area (Å²) in [6.45, 7) is 6.92. The molecule has 0 radical (unpaired) electrons. The van der Waals surface area contributed by atoms with E-state index in [1.807, 2.05) is 24.3 Å². The summed E-state index contributed by atoms with van der Waals surface area (Å²) in [5.41, 5.74) is 7.19. The summed E-state index contributed by atoms with van der Waals surface area (Å²) in [6.07, 6.45) is 2.31. The van der Waals surface area contributed by atoms with Crippen LogP contribution in [0.5, 0.6) is 0 Å². The van der Waals surface area contributed by atoms with Crippen molar-refractivity contribution in [3.63, 3.8) is 0 Å². The lowest BCUT2D eigenvalue weighted by atomic mass is 9.96. The predicted octanol–water partition coefficient (Wildman–Crippen LogP) is 1.59. The van der Waals surface area contributed by atoms with Crippen molar-refractivity contribution in [1.29, 1.82) is 0 Å². The maximum Gasteiger partial charge on any atom is 0.353 e. The van der Waals surface area contributed by atoms with Crippen molar-refractivity contribution in [1.82, 2.24) is 10.6 Å². The molecule has 7 heteroatoms. The van der Waals surface area contributed by atoms with Crippen LogP contribution in [0.25, 0.3) is 0 Å². The van der Waals surface area contributed by atoms with Gasteiger partial charge in [0.05, 0.1) is 12.8 Å². The Morgan fingerprint density at radius 3 is 2.35 bits per heavy atom. The summed E-state index contributed by atoms with van der Waals surface area (Å²) < 4.78 is 4.44. The van der Waals surface area contributed by atoms with Gasteiger partial charge in [-0.15, -0.1) is 0 Å². The van der Waals surface area contributed by atoms with Gasteiger partial charge in [-0.05, 0) is 42.9 Å². The van der Waals surface area contributed by atoms with Gasteiger partial charge in [0, 0.05) is 11.6 Å². The van der Waals surface area contributed by atoms with Crippen LogP contribution in [0.3, 0.4) is 0 Å². The minimum absolute atomic E-state index is 0.143. The highest BCUT2D eigenvalue weighted by molar-refractivity contribution is 6.02. The van der Waals surface area contributed by atoms with Crippen molar-refractivity contribution < 1.29 is 19.1 Å². The number of hydrogen-bond acceptors (Lipinski definition) is 5. The Morgan fingerprint density at radius 2 is 1.73 bits per heavy atom. The van der Waals surface area contributed by atoms with Crippen LogP contribution < -0.4 is 16.4 Å². The first-order valence-electron chi connectivity index (χ1n) is 8.25. The molecular formula is C19H23N3O4. The van der Waals surface area contributed by atoms with E-state index in [0.29, 0.717) is 12.1 Å². The van der Waals surface area contributed by atoms with Gasteiger partial charge in [0.1, 0.15) is 5.70 Å². The van der Waals surface area contributed by atoms with Crippen molar-refractivity contribution >= 4 is 23.5 Å². The zero-order valence-corrected chi connectivity index (χ0v) is 14.7. The van der Waals surface area contributed by atoms with E-state index in [9.17, 15) is 14.4 Å². The van der Waals surface area contributed by atoms with Crippen molar-refractivity contribution in [3.8, 4) is 0 Å². The molecule has 7 nitrogen and oxygen atoms in total. The van der Waals surface area contributed by atoms with Crippen molar-refractivity contribution in [2.75, 3.05) is 12.8 Å². The molecule has 0 heterocycles. The number of nitrogen functional groups attached to an aromatic ring is 1. The van der Waals surface area contributed by atoms with Gasteiger partial charge in [-0.3, -0.25) is 9.59 Å². The fourth-order valence-corrected chi connectivity index (χ4v) is 2.98. The number of ether oxygens (including phenoxy) is 1. The number of amides is 2. The molecule has 2 unspecified atom stereocenters. The first kappa shape index (κ1) is 19.2. The highest BCUT2D eigenvalue weighted by atomic mass is 16.5. The van der Waals surface area contributed by atoms with E-state index >= 15 is 0 Å². The van der Waals surface area contributed by atoms with Crippen LogP contribution in [0.2, 0.25) is 0 Å². The standard InChI is InChI=1S/C19H23N3O4/c1-11(17(23)22-12(2)19(25)26-3)21-18(24)15-5-4-14(10-15)13-6-8-16(20)9-7-13/h6-9,14-15H,1-2,4-5,10,20H2,3H3,(H,21,24)(H,22,23). The fraction of sp³-hybridized carbons (Fsp3) is 0.316. The average molecular weight is 357 g/mol. The molecule has 138 valence electrons. The van der Waals surface area contributed by atoms with E-state index in [1.165, 1.54) is 7.11 Å². The molecule has 1 fully saturated rings. The Balaban J connectivity index is 1.87. The Hall–Kier alpha value is -3.09. The second kappa shape index (κ2) is 8.33. The molecule has 2 rings (SSSR count). The van der Waals surface area contributed by atoms with Gasteiger partial charge in [-0.1, -0.05) is 25.3 Å². The number of benzene rings is 1. The molecule has 1 aromatic rings. The molecule has 0 saturated heterocycles. The monoisotopic (exact) mass is 357 g/mol. The lowest BCUT2D eigenvalue weighted by molar-refractivity contribution is -0.137. The second-order valence-corrected chi connectivity index (χ2v) is 6.27. The molecule has 0 spiro atoms. The molecule has 0 aromatic heterocycles. The normalized spacial score (nSPS) is 18.7. The number of rotatable bonds is 6. The van der Waals surface area contributed by atoms with E-state index in [-0.39, 0.29) is 29.1 Å². The Kier molecular flexibility index (Phi) is 6.16. The van der Waals surface area contributed by atoms with Crippen molar-refractivity contribution in [2.45, 2.75) is 25.2 Å². The number of nitrogens with two attached hydrogens (primary N) is 1. The highest BCUT2D eigenvalue weighted by Gasteiger charge is 2.31. The van der Waals surface area contributed by atoms with Crippen LogP contribution in [-0.2, 0) is 19.1 Å². The predicted molar refractivity (Wildman–Crippen MR) is 97.5 cm³/mol. The smallest absolute Gasteiger partial charge is 0.353 e. The third-order valence-electron chi connectivity index (χ3n) is 4.46. The van der Waals surface area contributed by atoms with E-state index in [2.05, 4.69) is 28.5 Å². The van der Waals surface area contributed by atoms with Gasteiger partial charge in [0.15, 0.2) is 0 Å². The van der Waals surface area contributed by atoms with Crippen LogP contribution in [0.1, 0.15) is 30.7 Å². The summed E-state index contributed by atoms with van der Waals surface area (Å²) in [7, 11) is 1.17. The number of hydrogen-bond donors (Lipinski definition) is 3. The molecule has 1 aliphatic rings. The lowest BCUT2D eigenvalue weighted by Gasteiger charge is -2.14. The minimum atomic E-state index is -0.764. The largest absolute Gasteiger partial charge is 0.464 e. The molecule has 0 bridgehead atoms. The van der Waals surface area contributed by atoms with Crippen molar-refractivity contribution in [3.05, 3.63) is 54.4 Å². The summed E-state index contributed by atoms with van der Waals surface area (Å²) in [6, 6.07) is 7.66. The molecule has 2 atom stereocenters. The topological polar surface area (TPSA) is 111 Å². The van der Waals surface area contributed by atoms with E-state index in [1.54, 1.807) is 0 Å². The third-order valence-corrected chi connectivity index (χ3v) is 4.46. The molecule has 1 aromatic carbocycles. The fourth-order valence-electron chi connectivity index (χ4n) is 2.98. The lowest BCUT2D eigenvalue weighted by Crippen LogP contribution is -2.37. The van der Waals surface area contributed by atoms with Gasteiger partial charge < -0.3 is 21.1 Å². The third kappa shape index (κ3) is 4.72. The maximum atomic E-state index is 12.4. The quantitative estimate of drug-likeness (QED) is 0.407. The van der Waals surface area contributed by atoms with Gasteiger partial charge in [-0.25, -0.2) is 4.79 Å².